The number of carbonyl (C=O) groups excluding carboxylic acids is 1. The first-order chi connectivity index (χ1) is 9.75. The van der Waals surface area contributed by atoms with Gasteiger partial charge in [-0.2, -0.15) is 0 Å². The van der Waals surface area contributed by atoms with E-state index in [0.29, 0.717) is 6.07 Å². The third-order valence-electron chi connectivity index (χ3n) is 2.64. The second-order valence-electron chi connectivity index (χ2n) is 4.41. The quantitative estimate of drug-likeness (QED) is 0.948. The Morgan fingerprint density at radius 2 is 1.67 bits per heavy atom. The van der Waals surface area contributed by atoms with Gasteiger partial charge in [0.15, 0.2) is 9.84 Å². The first-order valence-electron chi connectivity index (χ1n) is 5.83. The number of halogens is 2. The lowest BCUT2D eigenvalue weighted by atomic mass is 10.2. The van der Waals surface area contributed by atoms with Gasteiger partial charge in [0.05, 0.1) is 4.90 Å². The lowest BCUT2D eigenvalue weighted by molar-refractivity contribution is 0.102. The second kappa shape index (κ2) is 5.61. The molecule has 0 saturated heterocycles. The van der Waals surface area contributed by atoms with Gasteiger partial charge in [0.1, 0.15) is 11.6 Å². The van der Waals surface area contributed by atoms with Crippen molar-refractivity contribution in [3.63, 3.8) is 0 Å². The summed E-state index contributed by atoms with van der Waals surface area (Å²) in [5, 5.41) is 2.30. The third kappa shape index (κ3) is 3.85. The molecule has 0 unspecified atom stereocenters. The van der Waals surface area contributed by atoms with Crippen molar-refractivity contribution in [1.29, 1.82) is 0 Å². The Labute approximate surface area is 120 Å². The van der Waals surface area contributed by atoms with Gasteiger partial charge in [-0.15, -0.1) is 0 Å². The fraction of sp³-hybridized carbons (Fsp3) is 0.0714. The van der Waals surface area contributed by atoms with E-state index < -0.39 is 27.4 Å². The minimum absolute atomic E-state index is 0.0134. The summed E-state index contributed by atoms with van der Waals surface area (Å²) in [6, 6.07) is 7.97. The number of anilines is 1. The Balaban J connectivity index is 2.28. The fourth-order valence-corrected chi connectivity index (χ4v) is 2.36. The van der Waals surface area contributed by atoms with E-state index in [9.17, 15) is 22.0 Å². The summed E-state index contributed by atoms with van der Waals surface area (Å²) in [7, 11) is -3.45. The average molecular weight is 311 g/mol. The minimum Gasteiger partial charge on any atom is -0.322 e. The maximum Gasteiger partial charge on any atom is 0.255 e. The molecule has 2 rings (SSSR count). The van der Waals surface area contributed by atoms with Crippen LogP contribution >= 0.6 is 0 Å². The fourth-order valence-electron chi connectivity index (χ4n) is 1.70. The number of carbonyl (C=O) groups is 1. The monoisotopic (exact) mass is 311 g/mol. The van der Waals surface area contributed by atoms with Crippen molar-refractivity contribution in [3.05, 3.63) is 59.7 Å². The van der Waals surface area contributed by atoms with E-state index >= 15 is 0 Å². The van der Waals surface area contributed by atoms with E-state index in [0.717, 1.165) is 18.4 Å². The van der Waals surface area contributed by atoms with Gasteiger partial charge >= 0.3 is 0 Å². The van der Waals surface area contributed by atoms with Gasteiger partial charge in [0.2, 0.25) is 0 Å². The molecule has 0 aliphatic rings. The molecule has 0 heterocycles. The smallest absolute Gasteiger partial charge is 0.255 e. The highest BCUT2D eigenvalue weighted by Crippen LogP contribution is 2.16. The summed E-state index contributed by atoms with van der Waals surface area (Å²) in [6.45, 7) is 0. The predicted molar refractivity (Wildman–Crippen MR) is 73.9 cm³/mol. The standard InChI is InChI=1S/C14H11F2NO3S/c1-21(19,20)13-4-2-3-9(5-13)14(18)17-12-7-10(15)6-11(16)8-12/h2-8H,1H3,(H,17,18). The number of sulfone groups is 1. The first kappa shape index (κ1) is 15.1. The number of hydrogen-bond acceptors (Lipinski definition) is 3. The second-order valence-corrected chi connectivity index (χ2v) is 6.43. The molecule has 21 heavy (non-hydrogen) atoms. The zero-order valence-electron chi connectivity index (χ0n) is 10.9. The molecule has 2 aromatic carbocycles. The summed E-state index contributed by atoms with van der Waals surface area (Å²) in [5.74, 6) is -2.31. The highest BCUT2D eigenvalue weighted by molar-refractivity contribution is 7.90. The van der Waals surface area contributed by atoms with E-state index in [1.54, 1.807) is 0 Å². The molecule has 0 aromatic heterocycles. The first-order valence-corrected chi connectivity index (χ1v) is 7.72. The van der Waals surface area contributed by atoms with Crippen LogP contribution in [-0.2, 0) is 9.84 Å². The number of amides is 1. The van der Waals surface area contributed by atoms with Crippen LogP contribution in [0.2, 0.25) is 0 Å². The number of hydrogen-bond donors (Lipinski definition) is 1. The van der Waals surface area contributed by atoms with Crippen molar-refractivity contribution in [2.45, 2.75) is 4.90 Å². The number of rotatable bonds is 3. The van der Waals surface area contributed by atoms with Gasteiger partial charge in [-0.05, 0) is 30.3 Å². The molecule has 0 bridgehead atoms. The van der Waals surface area contributed by atoms with Crippen LogP contribution in [0.4, 0.5) is 14.5 Å². The Bertz CT molecular complexity index is 783. The van der Waals surface area contributed by atoms with Crippen LogP contribution in [0.1, 0.15) is 10.4 Å². The molecule has 0 atom stereocenters. The van der Waals surface area contributed by atoms with Crippen LogP contribution < -0.4 is 5.32 Å². The lowest BCUT2D eigenvalue weighted by Gasteiger charge is -2.07. The highest BCUT2D eigenvalue weighted by atomic mass is 32.2. The van der Waals surface area contributed by atoms with Gasteiger partial charge < -0.3 is 5.32 Å². The van der Waals surface area contributed by atoms with Gasteiger partial charge in [-0.25, -0.2) is 17.2 Å². The Hall–Kier alpha value is -2.28. The van der Waals surface area contributed by atoms with Crippen molar-refractivity contribution in [2.75, 3.05) is 11.6 Å². The third-order valence-corrected chi connectivity index (χ3v) is 3.76. The molecule has 0 aliphatic carbocycles. The van der Waals surface area contributed by atoms with Crippen molar-refractivity contribution < 1.29 is 22.0 Å². The highest BCUT2D eigenvalue weighted by Gasteiger charge is 2.12. The molecule has 0 aliphatic heterocycles. The molecule has 0 radical (unpaired) electrons. The molecule has 110 valence electrons. The zero-order valence-corrected chi connectivity index (χ0v) is 11.7. The van der Waals surface area contributed by atoms with E-state index in [1.807, 2.05) is 0 Å². The molecular weight excluding hydrogens is 300 g/mol. The Kier molecular flexibility index (Phi) is 4.04. The van der Waals surface area contributed by atoms with Gasteiger partial charge in [-0.1, -0.05) is 6.07 Å². The lowest BCUT2D eigenvalue weighted by Crippen LogP contribution is -2.13. The normalized spacial score (nSPS) is 11.2. The maximum absolute atomic E-state index is 13.0. The predicted octanol–water partition coefficient (Wildman–Crippen LogP) is 2.62. The summed E-state index contributed by atoms with van der Waals surface area (Å²) < 4.78 is 48.9. The molecule has 1 amide bonds. The molecule has 4 nitrogen and oxygen atoms in total. The van der Waals surface area contributed by atoms with Crippen molar-refractivity contribution >= 4 is 21.4 Å². The molecule has 0 saturated carbocycles. The van der Waals surface area contributed by atoms with E-state index in [-0.39, 0.29) is 16.1 Å². The summed E-state index contributed by atoms with van der Waals surface area (Å²) in [4.78, 5) is 12.0. The Morgan fingerprint density at radius 3 is 2.24 bits per heavy atom. The van der Waals surface area contributed by atoms with Crippen molar-refractivity contribution in [3.8, 4) is 0 Å². The largest absolute Gasteiger partial charge is 0.322 e. The van der Waals surface area contributed by atoms with Crippen LogP contribution in [0.5, 0.6) is 0 Å². The maximum atomic E-state index is 13.0. The van der Waals surface area contributed by atoms with E-state index in [2.05, 4.69) is 5.32 Å². The molecule has 0 fully saturated rings. The molecule has 2 aromatic rings. The van der Waals surface area contributed by atoms with Crippen LogP contribution in [0, 0.1) is 11.6 Å². The van der Waals surface area contributed by atoms with Crippen LogP contribution in [0.3, 0.4) is 0 Å². The summed E-state index contributed by atoms with van der Waals surface area (Å²) >= 11 is 0. The molecular formula is C14H11F2NO3S. The molecule has 1 N–H and O–H groups in total. The van der Waals surface area contributed by atoms with Crippen molar-refractivity contribution in [1.82, 2.24) is 0 Å². The molecule has 7 heteroatoms. The van der Waals surface area contributed by atoms with Gasteiger partial charge in [0, 0.05) is 23.6 Å². The van der Waals surface area contributed by atoms with Crippen molar-refractivity contribution in [2.24, 2.45) is 0 Å². The van der Waals surface area contributed by atoms with Gasteiger partial charge in [-0.3, -0.25) is 4.79 Å². The van der Waals surface area contributed by atoms with Gasteiger partial charge in [0.25, 0.3) is 5.91 Å². The minimum atomic E-state index is -3.45. The Morgan fingerprint density at radius 1 is 1.05 bits per heavy atom. The number of nitrogens with one attached hydrogen (secondary N) is 1. The van der Waals surface area contributed by atoms with Crippen LogP contribution in [0.15, 0.2) is 47.4 Å². The summed E-state index contributed by atoms with van der Waals surface area (Å²) in [6.07, 6.45) is 1.02. The zero-order chi connectivity index (χ0) is 15.6. The summed E-state index contributed by atoms with van der Waals surface area (Å²) in [5.41, 5.74) is 0.0184. The average Bonchev–Trinajstić information content (AvgIpc) is 2.36. The van der Waals surface area contributed by atoms with Crippen LogP contribution in [0.25, 0.3) is 0 Å². The SMILES string of the molecule is CS(=O)(=O)c1cccc(C(=O)Nc2cc(F)cc(F)c2)c1. The van der Waals surface area contributed by atoms with E-state index in [4.69, 9.17) is 0 Å². The molecule has 0 spiro atoms. The topological polar surface area (TPSA) is 63.2 Å². The number of benzene rings is 2. The van der Waals surface area contributed by atoms with Crippen LogP contribution in [-0.4, -0.2) is 20.6 Å². The van der Waals surface area contributed by atoms with E-state index in [1.165, 1.54) is 24.3 Å².